The molecule has 1 atom stereocenters. The lowest BCUT2D eigenvalue weighted by atomic mass is 10.1. The van der Waals surface area contributed by atoms with Gasteiger partial charge in [0.2, 0.25) is 6.79 Å². The summed E-state index contributed by atoms with van der Waals surface area (Å²) in [4.78, 5) is 4.65. The van der Waals surface area contributed by atoms with Gasteiger partial charge in [0.25, 0.3) is 0 Å². The number of methoxy groups -OCH3 is 1. The number of fused-ring (bicyclic) bond motifs is 1. The molecule has 2 aliphatic heterocycles. The second kappa shape index (κ2) is 7.43. The second-order valence-electron chi connectivity index (χ2n) is 6.62. The van der Waals surface area contributed by atoms with E-state index in [1.165, 1.54) is 5.69 Å². The molecule has 138 valence electrons. The minimum absolute atomic E-state index is 0.251. The van der Waals surface area contributed by atoms with Crippen LogP contribution in [0.5, 0.6) is 17.2 Å². The molecule has 0 unspecified atom stereocenters. The van der Waals surface area contributed by atoms with Gasteiger partial charge < -0.3 is 24.2 Å². The maximum atomic E-state index is 10.6. The van der Waals surface area contributed by atoms with E-state index in [1.54, 1.807) is 7.11 Å². The van der Waals surface area contributed by atoms with E-state index in [9.17, 15) is 5.11 Å². The van der Waals surface area contributed by atoms with Crippen molar-refractivity contribution in [3.05, 3.63) is 48.0 Å². The summed E-state index contributed by atoms with van der Waals surface area (Å²) in [6.07, 6.45) is -0.534. The second-order valence-corrected chi connectivity index (χ2v) is 6.62. The van der Waals surface area contributed by atoms with Gasteiger partial charge in [-0.2, -0.15) is 0 Å². The number of aliphatic hydroxyl groups is 1. The summed E-state index contributed by atoms with van der Waals surface area (Å²) in [5.74, 6) is 2.33. The van der Waals surface area contributed by atoms with E-state index in [-0.39, 0.29) is 6.79 Å². The topological polar surface area (TPSA) is 54.4 Å². The van der Waals surface area contributed by atoms with Crippen molar-refractivity contribution >= 4 is 5.69 Å². The number of anilines is 1. The minimum Gasteiger partial charge on any atom is -0.497 e. The van der Waals surface area contributed by atoms with Gasteiger partial charge in [0.1, 0.15) is 5.75 Å². The fourth-order valence-corrected chi connectivity index (χ4v) is 3.47. The monoisotopic (exact) mass is 356 g/mol. The van der Waals surface area contributed by atoms with Gasteiger partial charge in [-0.25, -0.2) is 0 Å². The molecule has 2 aromatic rings. The highest BCUT2D eigenvalue weighted by molar-refractivity contribution is 5.51. The van der Waals surface area contributed by atoms with Gasteiger partial charge in [-0.1, -0.05) is 12.1 Å². The summed E-state index contributed by atoms with van der Waals surface area (Å²) in [5.41, 5.74) is 2.05. The van der Waals surface area contributed by atoms with E-state index in [4.69, 9.17) is 14.2 Å². The van der Waals surface area contributed by atoms with Crippen molar-refractivity contribution in [1.82, 2.24) is 4.90 Å². The van der Waals surface area contributed by atoms with Crippen LogP contribution in [0, 0.1) is 0 Å². The Labute approximate surface area is 153 Å². The third-order valence-electron chi connectivity index (χ3n) is 5.00. The zero-order chi connectivity index (χ0) is 17.9. The van der Waals surface area contributed by atoms with E-state index < -0.39 is 6.10 Å². The highest BCUT2D eigenvalue weighted by Gasteiger charge is 2.22. The van der Waals surface area contributed by atoms with Crippen molar-refractivity contribution in [3.63, 3.8) is 0 Å². The molecule has 2 heterocycles. The van der Waals surface area contributed by atoms with Gasteiger partial charge in [0, 0.05) is 44.5 Å². The Hall–Kier alpha value is -2.44. The number of aliphatic hydroxyl groups excluding tert-OH is 1. The lowest BCUT2D eigenvalue weighted by Crippen LogP contribution is -2.47. The van der Waals surface area contributed by atoms with Gasteiger partial charge in [0.05, 0.1) is 13.2 Å². The predicted octanol–water partition coefficient (Wildman–Crippen LogP) is 2.28. The minimum atomic E-state index is -0.534. The standard InChI is InChI=1S/C20H24N2O4/c1-24-17-4-2-3-16(12-17)22-9-7-21(8-10-22)13-18(23)15-5-6-19-20(11-15)26-14-25-19/h2-6,11-12,18,23H,7-10,13-14H2,1H3/t18-/m1/s1. The molecule has 6 nitrogen and oxygen atoms in total. The van der Waals surface area contributed by atoms with Crippen molar-refractivity contribution < 1.29 is 19.3 Å². The molecule has 0 aromatic heterocycles. The Bertz CT molecular complexity index is 759. The summed E-state index contributed by atoms with van der Waals surface area (Å²) in [5, 5.41) is 10.6. The molecule has 0 aliphatic carbocycles. The van der Waals surface area contributed by atoms with Crippen LogP contribution in [0.1, 0.15) is 11.7 Å². The lowest BCUT2D eigenvalue weighted by Gasteiger charge is -2.37. The molecular formula is C20H24N2O4. The molecule has 6 heteroatoms. The summed E-state index contributed by atoms with van der Waals surface area (Å²) >= 11 is 0. The maximum absolute atomic E-state index is 10.6. The number of hydrogen-bond donors (Lipinski definition) is 1. The number of nitrogens with zero attached hydrogens (tertiary/aromatic N) is 2. The smallest absolute Gasteiger partial charge is 0.231 e. The van der Waals surface area contributed by atoms with Crippen LogP contribution in [0.2, 0.25) is 0 Å². The van der Waals surface area contributed by atoms with Crippen molar-refractivity contribution in [3.8, 4) is 17.2 Å². The zero-order valence-electron chi connectivity index (χ0n) is 14.9. The third-order valence-corrected chi connectivity index (χ3v) is 5.00. The van der Waals surface area contributed by atoms with Gasteiger partial charge >= 0.3 is 0 Å². The molecule has 4 rings (SSSR count). The number of ether oxygens (including phenoxy) is 3. The van der Waals surface area contributed by atoms with Crippen LogP contribution in [-0.2, 0) is 0 Å². The average molecular weight is 356 g/mol. The first-order chi connectivity index (χ1) is 12.7. The quantitative estimate of drug-likeness (QED) is 0.887. The average Bonchev–Trinajstić information content (AvgIpc) is 3.16. The first-order valence-electron chi connectivity index (χ1n) is 8.92. The Morgan fingerprint density at radius 3 is 2.65 bits per heavy atom. The number of rotatable bonds is 5. The van der Waals surface area contributed by atoms with Crippen molar-refractivity contribution in [1.29, 1.82) is 0 Å². The molecule has 0 amide bonds. The summed E-state index contributed by atoms with van der Waals surface area (Å²) < 4.78 is 16.0. The maximum Gasteiger partial charge on any atom is 0.231 e. The van der Waals surface area contributed by atoms with Crippen LogP contribution in [0.4, 0.5) is 5.69 Å². The molecule has 1 fully saturated rings. The molecule has 0 saturated carbocycles. The number of β-amino-alcohol motifs (C(OH)–C–C–N with tert-alkyl or cyclic N) is 1. The summed E-state index contributed by atoms with van der Waals surface area (Å²) in [6.45, 7) is 4.56. The molecule has 2 aromatic carbocycles. The molecule has 0 bridgehead atoms. The summed E-state index contributed by atoms with van der Waals surface area (Å²) in [6, 6.07) is 13.8. The largest absolute Gasteiger partial charge is 0.497 e. The number of piperazine rings is 1. The normalized spacial score (nSPS) is 18.0. The highest BCUT2D eigenvalue weighted by Crippen LogP contribution is 2.34. The van der Waals surface area contributed by atoms with E-state index in [2.05, 4.69) is 21.9 Å². The van der Waals surface area contributed by atoms with Crippen molar-refractivity contribution in [2.24, 2.45) is 0 Å². The predicted molar refractivity (Wildman–Crippen MR) is 99.2 cm³/mol. The van der Waals surface area contributed by atoms with Crippen molar-refractivity contribution in [2.75, 3.05) is 51.5 Å². The fraction of sp³-hybridized carbons (Fsp3) is 0.400. The molecular weight excluding hydrogens is 332 g/mol. The Kier molecular flexibility index (Phi) is 4.86. The number of benzene rings is 2. The van der Waals surface area contributed by atoms with Crippen LogP contribution in [0.25, 0.3) is 0 Å². The molecule has 26 heavy (non-hydrogen) atoms. The van der Waals surface area contributed by atoms with Gasteiger partial charge in [-0.3, -0.25) is 4.90 Å². The number of hydrogen-bond acceptors (Lipinski definition) is 6. The summed E-state index contributed by atoms with van der Waals surface area (Å²) in [7, 11) is 1.69. The highest BCUT2D eigenvalue weighted by atomic mass is 16.7. The van der Waals surface area contributed by atoms with E-state index in [1.807, 2.05) is 30.3 Å². The van der Waals surface area contributed by atoms with E-state index in [0.717, 1.165) is 43.2 Å². The molecule has 1 N–H and O–H groups in total. The van der Waals surface area contributed by atoms with E-state index in [0.29, 0.717) is 12.3 Å². The molecule has 0 spiro atoms. The Balaban J connectivity index is 1.33. The first kappa shape index (κ1) is 17.0. The van der Waals surface area contributed by atoms with Crippen LogP contribution in [-0.4, -0.2) is 56.6 Å². The van der Waals surface area contributed by atoms with Crippen LogP contribution < -0.4 is 19.1 Å². The SMILES string of the molecule is COc1cccc(N2CCN(C[C@@H](O)c3ccc4c(c3)OCO4)CC2)c1. The van der Waals surface area contributed by atoms with Crippen LogP contribution in [0.15, 0.2) is 42.5 Å². The molecule has 0 radical (unpaired) electrons. The van der Waals surface area contributed by atoms with Gasteiger partial charge in [-0.05, 0) is 29.8 Å². The van der Waals surface area contributed by atoms with Gasteiger partial charge in [-0.15, -0.1) is 0 Å². The van der Waals surface area contributed by atoms with Gasteiger partial charge in [0.15, 0.2) is 11.5 Å². The first-order valence-corrected chi connectivity index (χ1v) is 8.92. The van der Waals surface area contributed by atoms with Crippen LogP contribution in [0.3, 0.4) is 0 Å². The Morgan fingerprint density at radius 2 is 1.85 bits per heavy atom. The molecule has 2 aliphatic rings. The van der Waals surface area contributed by atoms with Crippen LogP contribution >= 0.6 is 0 Å². The lowest BCUT2D eigenvalue weighted by molar-refractivity contribution is 0.109. The zero-order valence-corrected chi connectivity index (χ0v) is 14.9. The Morgan fingerprint density at radius 1 is 1.04 bits per heavy atom. The fourth-order valence-electron chi connectivity index (χ4n) is 3.47. The molecule has 1 saturated heterocycles. The van der Waals surface area contributed by atoms with Crippen molar-refractivity contribution in [2.45, 2.75) is 6.10 Å². The van der Waals surface area contributed by atoms with E-state index >= 15 is 0 Å². The third kappa shape index (κ3) is 3.57.